The van der Waals surface area contributed by atoms with Crippen molar-refractivity contribution in [2.24, 2.45) is 0 Å². The van der Waals surface area contributed by atoms with Crippen molar-refractivity contribution in [1.29, 1.82) is 0 Å². The van der Waals surface area contributed by atoms with E-state index in [0.717, 1.165) is 0 Å². The molecule has 0 heterocycles. The molecule has 0 aliphatic heterocycles. The summed E-state index contributed by atoms with van der Waals surface area (Å²) in [5, 5.41) is 15.6. The average molecular weight is 397 g/mol. The monoisotopic (exact) mass is 397 g/mol. The Morgan fingerprint density at radius 1 is 0.931 bits per heavy atom. The van der Waals surface area contributed by atoms with Crippen molar-refractivity contribution in [2.75, 3.05) is 20.8 Å². The molecular weight excluding hydrogens is 376 g/mol. The average Bonchev–Trinajstić information content (AvgIpc) is 2.73. The number of hydrogen-bond donors (Lipinski definition) is 2. The third-order valence-corrected chi connectivity index (χ3v) is 3.89. The van der Waals surface area contributed by atoms with E-state index >= 15 is 0 Å². The summed E-state index contributed by atoms with van der Waals surface area (Å²) in [6.07, 6.45) is 1.14. The van der Waals surface area contributed by atoms with Crippen LogP contribution >= 0.6 is 0 Å². The molecule has 0 saturated carbocycles. The van der Waals surface area contributed by atoms with Crippen LogP contribution in [0.1, 0.15) is 22.3 Å². The van der Waals surface area contributed by atoms with Crippen molar-refractivity contribution < 1.29 is 29.0 Å². The van der Waals surface area contributed by atoms with Gasteiger partial charge in [0.2, 0.25) is 0 Å². The highest BCUT2D eigenvalue weighted by molar-refractivity contribution is 6.05. The van der Waals surface area contributed by atoms with Crippen LogP contribution in [0.25, 0.3) is 6.08 Å². The summed E-state index contributed by atoms with van der Waals surface area (Å²) in [6, 6.07) is 13.2. The minimum Gasteiger partial charge on any atom is -0.550 e. The maximum atomic E-state index is 12.5. The van der Waals surface area contributed by atoms with Crippen LogP contribution in [0.2, 0.25) is 0 Å². The number of amides is 2. The van der Waals surface area contributed by atoms with E-state index in [2.05, 4.69) is 10.6 Å². The van der Waals surface area contributed by atoms with E-state index in [1.165, 1.54) is 20.3 Å². The first-order valence-corrected chi connectivity index (χ1v) is 8.72. The van der Waals surface area contributed by atoms with E-state index in [1.54, 1.807) is 48.5 Å². The first-order chi connectivity index (χ1) is 13.9. The molecule has 2 rings (SSSR count). The van der Waals surface area contributed by atoms with Gasteiger partial charge in [0.1, 0.15) is 17.2 Å². The summed E-state index contributed by atoms with van der Waals surface area (Å²) in [6.45, 7) is -0.125. The number of nitrogens with one attached hydrogen (secondary N) is 2. The maximum absolute atomic E-state index is 12.5. The van der Waals surface area contributed by atoms with Gasteiger partial charge in [-0.2, -0.15) is 0 Å². The van der Waals surface area contributed by atoms with E-state index in [0.29, 0.717) is 22.6 Å². The second-order valence-electron chi connectivity index (χ2n) is 5.89. The maximum Gasteiger partial charge on any atom is 0.267 e. The molecule has 0 radical (unpaired) electrons. The number of rotatable bonds is 9. The van der Waals surface area contributed by atoms with Crippen molar-refractivity contribution in [1.82, 2.24) is 10.6 Å². The largest absolute Gasteiger partial charge is 0.550 e. The number of hydrogen-bond acceptors (Lipinski definition) is 6. The van der Waals surface area contributed by atoms with Crippen LogP contribution < -0.4 is 25.2 Å². The topological polar surface area (TPSA) is 117 Å². The zero-order valence-electron chi connectivity index (χ0n) is 16.1. The van der Waals surface area contributed by atoms with Gasteiger partial charge >= 0.3 is 0 Å². The van der Waals surface area contributed by atoms with Crippen LogP contribution in [-0.4, -0.2) is 38.5 Å². The Bertz CT molecular complexity index is 888. The number of carboxylic acids is 1. The molecule has 0 unspecified atom stereocenters. The molecule has 2 aromatic carbocycles. The number of ether oxygens (including phenoxy) is 2. The summed E-state index contributed by atoms with van der Waals surface area (Å²) < 4.78 is 10.2. The van der Waals surface area contributed by atoms with Crippen molar-refractivity contribution in [3.63, 3.8) is 0 Å². The smallest absolute Gasteiger partial charge is 0.267 e. The number of aliphatic carboxylic acids is 1. The van der Waals surface area contributed by atoms with Gasteiger partial charge < -0.3 is 30.0 Å². The predicted molar refractivity (Wildman–Crippen MR) is 104 cm³/mol. The number of carbonyl (C=O) groups is 3. The van der Waals surface area contributed by atoms with E-state index < -0.39 is 17.8 Å². The molecule has 29 heavy (non-hydrogen) atoms. The molecule has 2 amide bonds. The summed E-state index contributed by atoms with van der Waals surface area (Å²) in [4.78, 5) is 35.6. The van der Waals surface area contributed by atoms with E-state index in [1.807, 2.05) is 0 Å². The van der Waals surface area contributed by atoms with Gasteiger partial charge in [-0.05, 0) is 48.0 Å². The lowest BCUT2D eigenvalue weighted by atomic mass is 10.1. The predicted octanol–water partition coefficient (Wildman–Crippen LogP) is 0.731. The van der Waals surface area contributed by atoms with Crippen LogP contribution in [0, 0.1) is 0 Å². The summed E-state index contributed by atoms with van der Waals surface area (Å²) in [7, 11) is 3.05. The van der Waals surface area contributed by atoms with Crippen molar-refractivity contribution in [2.45, 2.75) is 6.42 Å². The van der Waals surface area contributed by atoms with Crippen LogP contribution in [0.5, 0.6) is 11.5 Å². The molecule has 0 saturated heterocycles. The fourth-order valence-electron chi connectivity index (χ4n) is 2.34. The Labute approximate surface area is 168 Å². The third-order valence-electron chi connectivity index (χ3n) is 3.89. The van der Waals surface area contributed by atoms with Gasteiger partial charge in [-0.3, -0.25) is 9.59 Å². The fourth-order valence-corrected chi connectivity index (χ4v) is 2.34. The minimum atomic E-state index is -1.28. The Balaban J connectivity index is 2.21. The van der Waals surface area contributed by atoms with Gasteiger partial charge in [-0.25, -0.2) is 0 Å². The Morgan fingerprint density at radius 3 is 2.00 bits per heavy atom. The lowest BCUT2D eigenvalue weighted by Crippen LogP contribution is -2.37. The van der Waals surface area contributed by atoms with Crippen LogP contribution in [-0.2, 0) is 9.59 Å². The zero-order valence-corrected chi connectivity index (χ0v) is 16.1. The summed E-state index contributed by atoms with van der Waals surface area (Å²) in [5.41, 5.74) is 0.939. The van der Waals surface area contributed by atoms with Gasteiger partial charge in [0.15, 0.2) is 0 Å². The van der Waals surface area contributed by atoms with Gasteiger partial charge in [-0.1, -0.05) is 12.1 Å². The molecular formula is C21H21N2O6-. The molecule has 0 fully saturated rings. The minimum absolute atomic E-state index is 0.0330. The molecule has 0 bridgehead atoms. The van der Waals surface area contributed by atoms with Gasteiger partial charge in [0, 0.05) is 24.5 Å². The van der Waals surface area contributed by atoms with Gasteiger partial charge in [0.25, 0.3) is 11.8 Å². The fraction of sp³-hybridized carbons (Fsp3) is 0.190. The Hall–Kier alpha value is -3.81. The van der Waals surface area contributed by atoms with Gasteiger partial charge in [0.05, 0.1) is 14.2 Å². The number of methoxy groups -OCH3 is 2. The molecule has 2 aromatic rings. The second kappa shape index (κ2) is 10.5. The van der Waals surface area contributed by atoms with Crippen LogP contribution in [0.3, 0.4) is 0 Å². The molecule has 0 aliphatic carbocycles. The summed E-state index contributed by atoms with van der Waals surface area (Å²) in [5.74, 6) is -1.17. The zero-order chi connectivity index (χ0) is 21.2. The highest BCUT2D eigenvalue weighted by Gasteiger charge is 2.14. The van der Waals surface area contributed by atoms with Gasteiger partial charge in [-0.15, -0.1) is 0 Å². The molecule has 0 atom stereocenters. The van der Waals surface area contributed by atoms with E-state index in [4.69, 9.17) is 9.47 Å². The lowest BCUT2D eigenvalue weighted by molar-refractivity contribution is -0.305. The van der Waals surface area contributed by atoms with Crippen molar-refractivity contribution >= 4 is 23.9 Å². The third kappa shape index (κ3) is 6.69. The van der Waals surface area contributed by atoms with Crippen LogP contribution in [0.15, 0.2) is 54.2 Å². The van der Waals surface area contributed by atoms with Crippen molar-refractivity contribution in [3.8, 4) is 11.5 Å². The Kier molecular flexibility index (Phi) is 7.78. The highest BCUT2D eigenvalue weighted by Crippen LogP contribution is 2.15. The first kappa shape index (κ1) is 21.5. The molecule has 8 nitrogen and oxygen atoms in total. The van der Waals surface area contributed by atoms with Crippen molar-refractivity contribution in [3.05, 3.63) is 65.4 Å². The number of benzene rings is 2. The quantitative estimate of drug-likeness (QED) is 0.603. The standard InChI is InChI=1S/C21H22N2O6/c1-28-16-7-3-14(4-8-16)13-18(21(27)22-12-11-19(24)25)23-20(26)15-5-9-17(29-2)10-6-15/h3-10,13H,11-12H2,1-2H3,(H,22,27)(H,23,26)(H,24,25)/p-1/b18-13-. The molecule has 0 spiro atoms. The molecule has 2 N–H and O–H groups in total. The molecule has 8 heteroatoms. The van der Waals surface area contributed by atoms with Crippen LogP contribution in [0.4, 0.5) is 0 Å². The molecule has 0 aliphatic rings. The second-order valence-corrected chi connectivity index (χ2v) is 5.89. The number of carbonyl (C=O) groups excluding carboxylic acids is 3. The normalized spacial score (nSPS) is 10.8. The van der Waals surface area contributed by atoms with E-state index in [9.17, 15) is 19.5 Å². The molecule has 0 aromatic heterocycles. The SMILES string of the molecule is COc1ccc(/C=C(\NC(=O)c2ccc(OC)cc2)C(=O)NCCC(=O)[O-])cc1. The number of carboxylic acid groups (broad SMARTS) is 1. The Morgan fingerprint density at radius 2 is 1.48 bits per heavy atom. The van der Waals surface area contributed by atoms with E-state index in [-0.39, 0.29) is 18.7 Å². The highest BCUT2D eigenvalue weighted by atomic mass is 16.5. The summed E-state index contributed by atoms with van der Waals surface area (Å²) >= 11 is 0. The lowest BCUT2D eigenvalue weighted by Gasteiger charge is -2.12. The molecule has 152 valence electrons. The first-order valence-electron chi connectivity index (χ1n) is 8.72.